The van der Waals surface area contributed by atoms with Gasteiger partial charge in [0.05, 0.1) is 19.2 Å². The summed E-state index contributed by atoms with van der Waals surface area (Å²) in [5, 5.41) is 20.4. The average Bonchev–Trinajstić information content (AvgIpc) is 3.56. The molecule has 2 N–H and O–H groups in total. The van der Waals surface area contributed by atoms with Crippen LogP contribution in [0.2, 0.25) is 0 Å². The maximum Gasteiger partial charge on any atom is 0.259 e. The minimum atomic E-state index is -0.986. The predicted octanol–water partition coefficient (Wildman–Crippen LogP) is 2.22. The summed E-state index contributed by atoms with van der Waals surface area (Å²) in [6.45, 7) is 4.39. The van der Waals surface area contributed by atoms with Crippen LogP contribution in [0.3, 0.4) is 0 Å². The van der Waals surface area contributed by atoms with Crippen LogP contribution in [-0.4, -0.2) is 81.3 Å². The molecule has 0 radical (unpaired) electrons. The fourth-order valence-electron chi connectivity index (χ4n) is 4.76. The monoisotopic (exact) mass is 483 g/mol. The van der Waals surface area contributed by atoms with Crippen LogP contribution in [0, 0.1) is 23.7 Å². The normalized spacial score (nSPS) is 24.4. The van der Waals surface area contributed by atoms with Gasteiger partial charge in [0.25, 0.3) is 5.91 Å². The number of likely N-dealkylation sites (N-methyl/N-ethyl adjacent to an activating group) is 1. The molecule has 2 fully saturated rings. The first-order chi connectivity index (χ1) is 16.7. The maximum atomic E-state index is 13.5. The number of hydrogen-bond acceptors (Lipinski definition) is 6. The summed E-state index contributed by atoms with van der Waals surface area (Å²) in [4.78, 5) is 33.9. The van der Waals surface area contributed by atoms with Crippen molar-refractivity contribution in [3.63, 3.8) is 0 Å². The quantitative estimate of drug-likeness (QED) is 0.602. The lowest BCUT2D eigenvalue weighted by Gasteiger charge is -2.37. The van der Waals surface area contributed by atoms with Crippen molar-refractivity contribution in [3.8, 4) is 17.7 Å². The van der Waals surface area contributed by atoms with Crippen molar-refractivity contribution < 1.29 is 24.5 Å². The third-order valence-corrected chi connectivity index (χ3v) is 7.43. The lowest BCUT2D eigenvalue weighted by Crippen LogP contribution is -2.50. The van der Waals surface area contributed by atoms with Crippen molar-refractivity contribution >= 4 is 11.8 Å². The molecule has 8 heteroatoms. The van der Waals surface area contributed by atoms with Gasteiger partial charge >= 0.3 is 0 Å². The number of nitrogens with zero attached hydrogens (tertiary/aromatic N) is 3. The molecule has 0 spiro atoms. The largest absolute Gasteiger partial charge is 0.472 e. The van der Waals surface area contributed by atoms with E-state index < -0.39 is 5.60 Å². The fraction of sp³-hybridized carbons (Fsp3) is 0.667. The number of carbonyl (C=O) groups excluding carboxylic acids is 2. The van der Waals surface area contributed by atoms with Crippen molar-refractivity contribution in [3.05, 3.63) is 23.4 Å². The maximum absolute atomic E-state index is 13.5. The summed E-state index contributed by atoms with van der Waals surface area (Å²) in [6.07, 6.45) is 7.18. The molecule has 1 aromatic rings. The SMILES string of the molecule is C[C@@H]1CN([C@H](C)CO)C(=O)c2cc(C#CC3(O)CCCC3)cnc2O[C@H]1CN(C)C(=O)CC1CC1. The number of aromatic nitrogens is 1. The molecule has 0 bridgehead atoms. The number of amides is 2. The summed E-state index contributed by atoms with van der Waals surface area (Å²) in [6, 6.07) is 1.27. The molecule has 8 nitrogen and oxygen atoms in total. The van der Waals surface area contributed by atoms with Crippen LogP contribution >= 0.6 is 0 Å². The van der Waals surface area contributed by atoms with Crippen LogP contribution in [0.1, 0.15) is 74.7 Å². The predicted molar refractivity (Wildman–Crippen MR) is 131 cm³/mol. The molecule has 2 amide bonds. The molecule has 2 heterocycles. The van der Waals surface area contributed by atoms with Gasteiger partial charge in [0.2, 0.25) is 11.8 Å². The van der Waals surface area contributed by atoms with E-state index in [1.165, 1.54) is 0 Å². The van der Waals surface area contributed by atoms with Gasteiger partial charge in [-0.25, -0.2) is 4.98 Å². The van der Waals surface area contributed by atoms with E-state index in [-0.39, 0.29) is 47.9 Å². The van der Waals surface area contributed by atoms with Crippen molar-refractivity contribution in [1.29, 1.82) is 0 Å². The molecule has 35 heavy (non-hydrogen) atoms. The Kier molecular flexibility index (Phi) is 7.67. The number of carbonyl (C=O) groups is 2. The second-order valence-corrected chi connectivity index (χ2v) is 10.6. The van der Waals surface area contributed by atoms with E-state index in [1.54, 1.807) is 36.0 Å². The minimum absolute atomic E-state index is 0.0878. The van der Waals surface area contributed by atoms with Gasteiger partial charge in [-0.15, -0.1) is 0 Å². The van der Waals surface area contributed by atoms with E-state index in [1.807, 2.05) is 6.92 Å². The molecule has 3 aliphatic rings. The lowest BCUT2D eigenvalue weighted by molar-refractivity contribution is -0.131. The second-order valence-electron chi connectivity index (χ2n) is 10.6. The Balaban J connectivity index is 1.61. The third-order valence-electron chi connectivity index (χ3n) is 7.43. The van der Waals surface area contributed by atoms with Gasteiger partial charge < -0.3 is 24.7 Å². The molecule has 0 aromatic carbocycles. The van der Waals surface area contributed by atoms with E-state index in [0.717, 1.165) is 25.7 Å². The number of aliphatic hydroxyl groups excluding tert-OH is 1. The second kappa shape index (κ2) is 10.5. The molecular weight excluding hydrogens is 446 g/mol. The minimum Gasteiger partial charge on any atom is -0.472 e. The Hall–Kier alpha value is -2.63. The van der Waals surface area contributed by atoms with Gasteiger partial charge in [-0.05, 0) is 57.4 Å². The zero-order valence-corrected chi connectivity index (χ0v) is 21.0. The summed E-state index contributed by atoms with van der Waals surface area (Å²) < 4.78 is 6.26. The highest BCUT2D eigenvalue weighted by Crippen LogP contribution is 2.33. The summed E-state index contributed by atoms with van der Waals surface area (Å²) in [5.74, 6) is 6.40. The van der Waals surface area contributed by atoms with E-state index in [4.69, 9.17) is 4.74 Å². The Bertz CT molecular complexity index is 1010. The van der Waals surface area contributed by atoms with Crippen LogP contribution in [0.15, 0.2) is 12.3 Å². The van der Waals surface area contributed by atoms with Gasteiger partial charge in [-0.1, -0.05) is 18.8 Å². The average molecular weight is 484 g/mol. The smallest absolute Gasteiger partial charge is 0.259 e. The van der Waals surface area contributed by atoms with Crippen molar-refractivity contribution in [2.24, 2.45) is 11.8 Å². The molecule has 1 aromatic heterocycles. The number of rotatable bonds is 6. The van der Waals surface area contributed by atoms with Crippen molar-refractivity contribution in [2.75, 3.05) is 26.7 Å². The zero-order chi connectivity index (χ0) is 25.2. The Morgan fingerprint density at radius 2 is 2.09 bits per heavy atom. The number of hydrogen-bond donors (Lipinski definition) is 2. The van der Waals surface area contributed by atoms with Gasteiger partial charge in [0, 0.05) is 37.7 Å². The van der Waals surface area contributed by atoms with E-state index >= 15 is 0 Å². The van der Waals surface area contributed by atoms with Crippen LogP contribution in [0.25, 0.3) is 0 Å². The Labute approximate surface area is 207 Å². The van der Waals surface area contributed by atoms with Gasteiger partial charge in [0.1, 0.15) is 17.3 Å². The first kappa shape index (κ1) is 25.5. The van der Waals surface area contributed by atoms with E-state index in [9.17, 15) is 19.8 Å². The Morgan fingerprint density at radius 3 is 2.74 bits per heavy atom. The summed E-state index contributed by atoms with van der Waals surface area (Å²) in [7, 11) is 1.79. The standard InChI is InChI=1S/C27H37N3O5/c1-18-15-30(19(2)17-31)26(33)22-12-21(8-11-27(34)9-4-5-10-27)14-28-25(22)35-23(18)16-29(3)24(32)13-20-6-7-20/h12,14,18-20,23,31,34H,4-7,9-10,13,15-17H2,1-3H3/t18-,19-,23+/m1/s1. The summed E-state index contributed by atoms with van der Waals surface area (Å²) in [5.41, 5.74) is -0.181. The highest BCUT2D eigenvalue weighted by Gasteiger charge is 2.35. The molecule has 2 saturated carbocycles. The zero-order valence-electron chi connectivity index (χ0n) is 21.0. The topological polar surface area (TPSA) is 103 Å². The van der Waals surface area contributed by atoms with Crippen molar-refractivity contribution in [2.45, 2.75) is 76.5 Å². The molecule has 1 aliphatic heterocycles. The number of ether oxygens (including phenoxy) is 1. The first-order valence-electron chi connectivity index (χ1n) is 12.8. The van der Waals surface area contributed by atoms with Crippen LogP contribution < -0.4 is 4.74 Å². The summed E-state index contributed by atoms with van der Waals surface area (Å²) >= 11 is 0. The Morgan fingerprint density at radius 1 is 1.37 bits per heavy atom. The molecule has 0 saturated heterocycles. The van der Waals surface area contributed by atoms with Crippen LogP contribution in [-0.2, 0) is 4.79 Å². The molecular formula is C27H37N3O5. The third kappa shape index (κ3) is 6.14. The van der Waals surface area contributed by atoms with E-state index in [2.05, 4.69) is 16.8 Å². The number of pyridine rings is 1. The number of aliphatic hydroxyl groups is 2. The molecule has 0 unspecified atom stereocenters. The first-order valence-corrected chi connectivity index (χ1v) is 12.8. The van der Waals surface area contributed by atoms with Crippen molar-refractivity contribution in [1.82, 2.24) is 14.8 Å². The highest BCUT2D eigenvalue weighted by molar-refractivity contribution is 5.97. The lowest BCUT2D eigenvalue weighted by atomic mass is 9.99. The molecule has 190 valence electrons. The van der Waals surface area contributed by atoms with E-state index in [0.29, 0.717) is 43.8 Å². The highest BCUT2D eigenvalue weighted by atomic mass is 16.5. The van der Waals surface area contributed by atoms with Crippen LogP contribution in [0.5, 0.6) is 5.88 Å². The number of fused-ring (bicyclic) bond motifs is 1. The molecule has 4 rings (SSSR count). The van der Waals surface area contributed by atoms with Gasteiger partial charge in [-0.2, -0.15) is 0 Å². The van der Waals surface area contributed by atoms with Gasteiger partial charge in [0.15, 0.2) is 0 Å². The fourth-order valence-corrected chi connectivity index (χ4v) is 4.76. The van der Waals surface area contributed by atoms with Crippen LogP contribution in [0.4, 0.5) is 0 Å². The molecule has 3 atom stereocenters. The molecule has 2 aliphatic carbocycles. The van der Waals surface area contributed by atoms with Gasteiger partial charge in [-0.3, -0.25) is 9.59 Å².